The smallest absolute Gasteiger partial charge is 0.124 e. The van der Waals surface area contributed by atoms with Crippen LogP contribution in [0.3, 0.4) is 0 Å². The molecule has 0 aliphatic carbocycles. The van der Waals surface area contributed by atoms with Gasteiger partial charge in [-0.1, -0.05) is 25.1 Å². The molecule has 1 N–H and O–H groups in total. The highest BCUT2D eigenvalue weighted by atomic mass is 16.5. The monoisotopic (exact) mass is 281 g/mol. The quantitative estimate of drug-likeness (QED) is 0.633. The average Bonchev–Trinajstić information content (AvgIpc) is 2.47. The molecule has 0 amide bonds. The lowest BCUT2D eigenvalue weighted by Crippen LogP contribution is -2.22. The van der Waals surface area contributed by atoms with Crippen molar-refractivity contribution in [1.29, 1.82) is 0 Å². The van der Waals surface area contributed by atoms with E-state index in [2.05, 4.69) is 24.4 Å². The molecular weight excluding hydrogens is 254 g/mol. The molecule has 1 rings (SSSR count). The summed E-state index contributed by atoms with van der Waals surface area (Å²) in [7, 11) is 3.42. The highest BCUT2D eigenvalue weighted by Crippen LogP contribution is 2.28. The lowest BCUT2D eigenvalue weighted by molar-refractivity contribution is 0.145. The van der Waals surface area contributed by atoms with Gasteiger partial charge in [-0.3, -0.25) is 0 Å². The predicted molar refractivity (Wildman–Crippen MR) is 81.3 cm³/mol. The number of methoxy groups -OCH3 is 2. The van der Waals surface area contributed by atoms with E-state index >= 15 is 0 Å². The molecule has 0 radical (unpaired) electrons. The summed E-state index contributed by atoms with van der Waals surface area (Å²) in [5, 5.41) is 3.52. The topological polar surface area (TPSA) is 39.7 Å². The van der Waals surface area contributed by atoms with Gasteiger partial charge in [0.1, 0.15) is 12.4 Å². The van der Waals surface area contributed by atoms with E-state index in [4.69, 9.17) is 14.2 Å². The van der Waals surface area contributed by atoms with E-state index in [9.17, 15) is 0 Å². The lowest BCUT2D eigenvalue weighted by atomic mass is 10.0. The summed E-state index contributed by atoms with van der Waals surface area (Å²) in [5.74, 6) is 0.938. The van der Waals surface area contributed by atoms with Crippen molar-refractivity contribution in [3.05, 3.63) is 29.8 Å². The number of nitrogens with one attached hydrogen (secondary N) is 1. The number of hydrogen-bond donors (Lipinski definition) is 1. The number of rotatable bonds is 11. The fraction of sp³-hybridized carbons (Fsp3) is 0.625. The number of benzene rings is 1. The van der Waals surface area contributed by atoms with E-state index in [1.165, 1.54) is 5.56 Å². The zero-order valence-electron chi connectivity index (χ0n) is 12.9. The molecule has 20 heavy (non-hydrogen) atoms. The van der Waals surface area contributed by atoms with Crippen LogP contribution in [0.2, 0.25) is 0 Å². The fourth-order valence-corrected chi connectivity index (χ4v) is 2.18. The first kappa shape index (κ1) is 17.0. The van der Waals surface area contributed by atoms with Crippen molar-refractivity contribution < 1.29 is 14.2 Å². The molecule has 0 aliphatic rings. The van der Waals surface area contributed by atoms with Gasteiger partial charge in [-0.2, -0.15) is 0 Å². The van der Waals surface area contributed by atoms with Gasteiger partial charge in [0, 0.05) is 32.4 Å². The molecule has 1 aromatic carbocycles. The van der Waals surface area contributed by atoms with Crippen molar-refractivity contribution >= 4 is 0 Å². The van der Waals surface area contributed by atoms with Crippen molar-refractivity contribution in [2.45, 2.75) is 25.8 Å². The van der Waals surface area contributed by atoms with Crippen molar-refractivity contribution in [3.8, 4) is 5.75 Å². The Kier molecular flexibility index (Phi) is 9.04. The zero-order valence-corrected chi connectivity index (χ0v) is 12.9. The highest BCUT2D eigenvalue weighted by Gasteiger charge is 2.14. The van der Waals surface area contributed by atoms with Crippen LogP contribution < -0.4 is 10.1 Å². The molecule has 1 unspecified atom stereocenters. The molecule has 4 heteroatoms. The van der Waals surface area contributed by atoms with Crippen LogP contribution in [0.5, 0.6) is 5.75 Å². The Morgan fingerprint density at radius 3 is 2.50 bits per heavy atom. The Morgan fingerprint density at radius 2 is 1.80 bits per heavy atom. The first-order chi connectivity index (χ1) is 9.83. The van der Waals surface area contributed by atoms with Crippen LogP contribution in [-0.2, 0) is 9.47 Å². The zero-order chi connectivity index (χ0) is 14.6. The van der Waals surface area contributed by atoms with Gasteiger partial charge in [0.25, 0.3) is 0 Å². The minimum absolute atomic E-state index is 0.300. The van der Waals surface area contributed by atoms with Crippen LogP contribution in [0.1, 0.15) is 31.4 Å². The van der Waals surface area contributed by atoms with Gasteiger partial charge < -0.3 is 19.5 Å². The molecule has 114 valence electrons. The first-order valence-electron chi connectivity index (χ1n) is 7.26. The third-order valence-electron chi connectivity index (χ3n) is 3.13. The summed E-state index contributed by atoms with van der Waals surface area (Å²) in [6.45, 7) is 5.02. The summed E-state index contributed by atoms with van der Waals surface area (Å²) in [6, 6.07) is 8.51. The standard InChI is InChI=1S/C16H27NO3/c1-4-17-15(9-7-11-18-2)14-8-5-6-10-16(14)20-13-12-19-3/h5-6,8,10,15,17H,4,7,9,11-13H2,1-3H3. The summed E-state index contributed by atoms with van der Waals surface area (Å²) < 4.78 is 16.0. The summed E-state index contributed by atoms with van der Waals surface area (Å²) in [6.07, 6.45) is 2.06. The highest BCUT2D eigenvalue weighted by molar-refractivity contribution is 5.36. The number of hydrogen-bond acceptors (Lipinski definition) is 4. The second kappa shape index (κ2) is 10.7. The maximum Gasteiger partial charge on any atom is 0.124 e. The van der Waals surface area contributed by atoms with Gasteiger partial charge >= 0.3 is 0 Å². The molecule has 0 saturated carbocycles. The van der Waals surface area contributed by atoms with Crippen LogP contribution in [0, 0.1) is 0 Å². The van der Waals surface area contributed by atoms with E-state index in [0.29, 0.717) is 19.3 Å². The second-order valence-corrected chi connectivity index (χ2v) is 4.62. The van der Waals surface area contributed by atoms with Gasteiger partial charge in [0.2, 0.25) is 0 Å². The first-order valence-corrected chi connectivity index (χ1v) is 7.26. The molecule has 4 nitrogen and oxygen atoms in total. The minimum Gasteiger partial charge on any atom is -0.491 e. The van der Waals surface area contributed by atoms with E-state index in [1.54, 1.807) is 14.2 Å². The molecule has 0 aromatic heterocycles. The van der Waals surface area contributed by atoms with Crippen LogP contribution in [-0.4, -0.2) is 40.6 Å². The molecule has 0 aliphatic heterocycles. The van der Waals surface area contributed by atoms with Crippen molar-refractivity contribution in [3.63, 3.8) is 0 Å². The van der Waals surface area contributed by atoms with Crippen LogP contribution in [0.25, 0.3) is 0 Å². The second-order valence-electron chi connectivity index (χ2n) is 4.62. The van der Waals surface area contributed by atoms with Crippen LogP contribution >= 0.6 is 0 Å². The maximum absolute atomic E-state index is 5.81. The summed E-state index contributed by atoms with van der Waals surface area (Å²) >= 11 is 0. The molecular formula is C16H27NO3. The lowest BCUT2D eigenvalue weighted by Gasteiger charge is -2.21. The molecule has 0 saturated heterocycles. The van der Waals surface area contributed by atoms with Crippen molar-refractivity contribution in [2.24, 2.45) is 0 Å². The third-order valence-corrected chi connectivity index (χ3v) is 3.13. The van der Waals surface area contributed by atoms with Gasteiger partial charge in [0.15, 0.2) is 0 Å². The average molecular weight is 281 g/mol. The number of para-hydroxylation sites is 1. The third kappa shape index (κ3) is 5.90. The van der Waals surface area contributed by atoms with E-state index in [0.717, 1.165) is 31.7 Å². The van der Waals surface area contributed by atoms with E-state index < -0.39 is 0 Å². The largest absolute Gasteiger partial charge is 0.491 e. The fourth-order valence-electron chi connectivity index (χ4n) is 2.18. The van der Waals surface area contributed by atoms with Crippen LogP contribution in [0.15, 0.2) is 24.3 Å². The normalized spacial score (nSPS) is 12.3. The molecule has 0 bridgehead atoms. The van der Waals surface area contributed by atoms with Gasteiger partial charge in [-0.25, -0.2) is 0 Å². The van der Waals surface area contributed by atoms with Crippen molar-refractivity contribution in [1.82, 2.24) is 5.32 Å². The number of ether oxygens (including phenoxy) is 3. The molecule has 1 atom stereocenters. The Morgan fingerprint density at radius 1 is 1.05 bits per heavy atom. The predicted octanol–water partition coefficient (Wildman–Crippen LogP) is 2.79. The summed E-state index contributed by atoms with van der Waals surface area (Å²) in [5.41, 5.74) is 1.21. The van der Waals surface area contributed by atoms with E-state index in [-0.39, 0.29) is 0 Å². The minimum atomic E-state index is 0.300. The van der Waals surface area contributed by atoms with Gasteiger partial charge in [-0.05, 0) is 25.5 Å². The maximum atomic E-state index is 5.81. The van der Waals surface area contributed by atoms with E-state index in [1.807, 2.05) is 12.1 Å². The Bertz CT molecular complexity index is 357. The Labute approximate surface area is 122 Å². The van der Waals surface area contributed by atoms with Gasteiger partial charge in [0.05, 0.1) is 6.61 Å². The van der Waals surface area contributed by atoms with Crippen molar-refractivity contribution in [2.75, 3.05) is 40.6 Å². The van der Waals surface area contributed by atoms with Crippen LogP contribution in [0.4, 0.5) is 0 Å². The Hall–Kier alpha value is -1.10. The molecule has 0 heterocycles. The Balaban J connectivity index is 2.71. The SMILES string of the molecule is CCNC(CCCOC)c1ccccc1OCCOC. The molecule has 1 aromatic rings. The summed E-state index contributed by atoms with van der Waals surface area (Å²) in [4.78, 5) is 0. The van der Waals surface area contributed by atoms with Gasteiger partial charge in [-0.15, -0.1) is 0 Å². The molecule has 0 fully saturated rings. The molecule has 0 spiro atoms.